The Morgan fingerprint density at radius 2 is 1.84 bits per heavy atom. The van der Waals surface area contributed by atoms with Gasteiger partial charge >= 0.3 is 18.0 Å². The summed E-state index contributed by atoms with van der Waals surface area (Å²) in [6, 6.07) is 1.09. The SMILES string of the molecule is CC(C)(C)OC(=O)N1Cc2nn(Cc3ccc(F)c(C(F)(F)F)c3)c(=O)n2C(C(=O)N2CC[C@H](F)C2)C1. The molecule has 0 saturated carbocycles. The molecule has 1 saturated heterocycles. The van der Waals surface area contributed by atoms with Crippen LogP contribution in [0.1, 0.15) is 50.2 Å². The number of carbonyl (C=O) groups is 2. The van der Waals surface area contributed by atoms with Crippen molar-refractivity contribution < 1.29 is 36.3 Å². The van der Waals surface area contributed by atoms with Crippen LogP contribution in [-0.2, 0) is 28.8 Å². The fraction of sp³-hybridized carbons (Fsp3) is 0.565. The van der Waals surface area contributed by atoms with Crippen molar-refractivity contribution in [3.63, 3.8) is 0 Å². The van der Waals surface area contributed by atoms with Crippen molar-refractivity contribution >= 4 is 12.0 Å². The second kappa shape index (κ2) is 9.45. The summed E-state index contributed by atoms with van der Waals surface area (Å²) in [6.45, 7) is 4.07. The zero-order valence-electron chi connectivity index (χ0n) is 20.4. The lowest BCUT2D eigenvalue weighted by molar-refractivity contribution is -0.140. The fourth-order valence-electron chi connectivity index (χ4n) is 4.36. The number of rotatable bonds is 3. The van der Waals surface area contributed by atoms with Gasteiger partial charge in [0.05, 0.1) is 31.7 Å². The van der Waals surface area contributed by atoms with Gasteiger partial charge in [0.25, 0.3) is 0 Å². The molecule has 1 aromatic heterocycles. The fourth-order valence-corrected chi connectivity index (χ4v) is 4.36. The summed E-state index contributed by atoms with van der Waals surface area (Å²) in [7, 11) is 0. The minimum atomic E-state index is -4.94. The van der Waals surface area contributed by atoms with E-state index in [1.165, 1.54) is 9.80 Å². The van der Waals surface area contributed by atoms with Crippen LogP contribution in [0, 0.1) is 5.82 Å². The van der Waals surface area contributed by atoms with Crippen molar-refractivity contribution in [1.29, 1.82) is 0 Å². The summed E-state index contributed by atoms with van der Waals surface area (Å²) in [5.41, 5.74) is -3.17. The molecule has 2 atom stereocenters. The van der Waals surface area contributed by atoms with Gasteiger partial charge < -0.3 is 9.64 Å². The lowest BCUT2D eigenvalue weighted by atomic mass is 10.1. The summed E-state index contributed by atoms with van der Waals surface area (Å²) >= 11 is 0. The monoisotopic (exact) mass is 531 g/mol. The third kappa shape index (κ3) is 5.62. The first-order valence-electron chi connectivity index (χ1n) is 11.6. The summed E-state index contributed by atoms with van der Waals surface area (Å²) in [4.78, 5) is 41.8. The number of hydrogen-bond donors (Lipinski definition) is 0. The topological polar surface area (TPSA) is 89.7 Å². The molecule has 0 spiro atoms. The highest BCUT2D eigenvalue weighted by atomic mass is 19.4. The number of ether oxygens (including phenoxy) is 1. The molecular formula is C23H26F5N5O4. The largest absolute Gasteiger partial charge is 0.444 e. The number of amides is 2. The molecule has 37 heavy (non-hydrogen) atoms. The Labute approximate surface area is 208 Å². The minimum Gasteiger partial charge on any atom is -0.444 e. The number of nitrogens with zero attached hydrogens (tertiary/aromatic N) is 5. The summed E-state index contributed by atoms with van der Waals surface area (Å²) in [6.07, 6.45) is -6.76. The molecule has 1 fully saturated rings. The Balaban J connectivity index is 1.70. The third-order valence-electron chi connectivity index (χ3n) is 6.03. The van der Waals surface area contributed by atoms with Gasteiger partial charge in [0.2, 0.25) is 5.91 Å². The van der Waals surface area contributed by atoms with Crippen LogP contribution in [0.5, 0.6) is 0 Å². The molecule has 0 N–H and O–H groups in total. The number of aromatic nitrogens is 3. The maximum atomic E-state index is 13.8. The smallest absolute Gasteiger partial charge is 0.419 e. The van der Waals surface area contributed by atoms with Crippen LogP contribution >= 0.6 is 0 Å². The molecule has 1 aromatic carbocycles. The first-order valence-corrected chi connectivity index (χ1v) is 11.6. The molecule has 2 aromatic rings. The van der Waals surface area contributed by atoms with Crippen molar-refractivity contribution in [2.45, 2.75) is 64.3 Å². The van der Waals surface area contributed by atoms with Gasteiger partial charge in [-0.2, -0.15) is 18.3 Å². The first-order chi connectivity index (χ1) is 17.1. The molecule has 0 radical (unpaired) electrons. The molecule has 2 aliphatic heterocycles. The van der Waals surface area contributed by atoms with E-state index in [0.717, 1.165) is 15.3 Å². The average molecular weight is 531 g/mol. The molecule has 1 unspecified atom stereocenters. The van der Waals surface area contributed by atoms with Gasteiger partial charge in [-0.05, 0) is 44.9 Å². The molecule has 3 heterocycles. The van der Waals surface area contributed by atoms with E-state index in [4.69, 9.17) is 4.74 Å². The van der Waals surface area contributed by atoms with Crippen LogP contribution < -0.4 is 5.69 Å². The Kier molecular flexibility index (Phi) is 6.80. The number of hydrogen-bond acceptors (Lipinski definition) is 5. The normalized spacial score (nSPS) is 20.2. The molecule has 9 nitrogen and oxygen atoms in total. The van der Waals surface area contributed by atoms with E-state index in [-0.39, 0.29) is 44.0 Å². The Hall–Kier alpha value is -3.45. The standard InChI is InChI=1S/C23H26F5N5O4/c1-22(2,3)37-21(36)31-11-17(19(34)30-7-6-14(24)10-30)33-18(12-31)29-32(20(33)35)9-13-4-5-16(25)15(8-13)23(26,27)28/h4-5,8,14,17H,6-7,9-12H2,1-3H3/t14-,17?/m0/s1. The highest BCUT2D eigenvalue weighted by Gasteiger charge is 2.41. The van der Waals surface area contributed by atoms with E-state index in [1.54, 1.807) is 20.8 Å². The maximum absolute atomic E-state index is 13.8. The van der Waals surface area contributed by atoms with Crippen molar-refractivity contribution in [2.24, 2.45) is 0 Å². The van der Waals surface area contributed by atoms with Crippen LogP contribution in [0.4, 0.5) is 26.7 Å². The number of benzene rings is 1. The molecular weight excluding hydrogens is 505 g/mol. The highest BCUT2D eigenvalue weighted by Crippen LogP contribution is 2.32. The Bertz CT molecular complexity index is 1270. The van der Waals surface area contributed by atoms with Gasteiger partial charge in [-0.3, -0.25) is 14.3 Å². The zero-order chi connectivity index (χ0) is 27.3. The van der Waals surface area contributed by atoms with Gasteiger partial charge in [-0.1, -0.05) is 6.07 Å². The van der Waals surface area contributed by atoms with E-state index in [1.807, 2.05) is 0 Å². The van der Waals surface area contributed by atoms with Crippen LogP contribution in [0.25, 0.3) is 0 Å². The Morgan fingerprint density at radius 3 is 2.43 bits per heavy atom. The van der Waals surface area contributed by atoms with E-state index >= 15 is 0 Å². The van der Waals surface area contributed by atoms with Gasteiger partial charge in [-0.25, -0.2) is 23.1 Å². The van der Waals surface area contributed by atoms with Crippen molar-refractivity contribution in [3.8, 4) is 0 Å². The minimum absolute atomic E-state index is 0.00890. The van der Waals surface area contributed by atoms with E-state index in [2.05, 4.69) is 5.10 Å². The average Bonchev–Trinajstić information content (AvgIpc) is 3.35. The Morgan fingerprint density at radius 1 is 1.14 bits per heavy atom. The van der Waals surface area contributed by atoms with Crippen LogP contribution in [0.15, 0.2) is 23.0 Å². The summed E-state index contributed by atoms with van der Waals surface area (Å²) < 4.78 is 74.2. The molecule has 14 heteroatoms. The summed E-state index contributed by atoms with van der Waals surface area (Å²) in [5.74, 6) is -2.03. The molecule has 0 bridgehead atoms. The number of halogens is 5. The van der Waals surface area contributed by atoms with Crippen molar-refractivity contribution in [2.75, 3.05) is 19.6 Å². The maximum Gasteiger partial charge on any atom is 0.419 e. The van der Waals surface area contributed by atoms with Crippen LogP contribution in [-0.4, -0.2) is 67.6 Å². The predicted octanol–water partition coefficient (Wildman–Crippen LogP) is 3.11. The number of alkyl halides is 4. The molecule has 0 aliphatic carbocycles. The van der Waals surface area contributed by atoms with E-state index in [0.29, 0.717) is 12.1 Å². The molecule has 2 aliphatic rings. The molecule has 2 amide bonds. The van der Waals surface area contributed by atoms with Crippen LogP contribution in [0.2, 0.25) is 0 Å². The van der Waals surface area contributed by atoms with Crippen molar-refractivity contribution in [3.05, 3.63) is 51.5 Å². The zero-order valence-corrected chi connectivity index (χ0v) is 20.4. The highest BCUT2D eigenvalue weighted by molar-refractivity contribution is 5.82. The number of carbonyl (C=O) groups excluding carboxylic acids is 2. The lowest BCUT2D eigenvalue weighted by Crippen LogP contribution is -2.51. The predicted molar refractivity (Wildman–Crippen MR) is 119 cm³/mol. The number of fused-ring (bicyclic) bond motifs is 1. The second-order valence-electron chi connectivity index (χ2n) is 10.1. The summed E-state index contributed by atoms with van der Waals surface area (Å²) in [5, 5.41) is 4.16. The van der Waals surface area contributed by atoms with Gasteiger partial charge in [0.15, 0.2) is 5.82 Å². The van der Waals surface area contributed by atoms with E-state index in [9.17, 15) is 36.3 Å². The second-order valence-corrected chi connectivity index (χ2v) is 10.1. The van der Waals surface area contributed by atoms with E-state index < -0.39 is 59.6 Å². The van der Waals surface area contributed by atoms with Gasteiger partial charge in [-0.15, -0.1) is 0 Å². The van der Waals surface area contributed by atoms with Crippen LogP contribution in [0.3, 0.4) is 0 Å². The van der Waals surface area contributed by atoms with Gasteiger partial charge in [0.1, 0.15) is 23.6 Å². The third-order valence-corrected chi connectivity index (χ3v) is 6.03. The lowest BCUT2D eigenvalue weighted by Gasteiger charge is -2.35. The molecule has 202 valence electrons. The van der Waals surface area contributed by atoms with Crippen molar-refractivity contribution in [1.82, 2.24) is 24.1 Å². The first kappa shape index (κ1) is 26.6. The quantitative estimate of drug-likeness (QED) is 0.568. The number of likely N-dealkylation sites (tertiary alicyclic amines) is 1. The van der Waals surface area contributed by atoms with Gasteiger partial charge in [0, 0.05) is 6.54 Å². The molecule has 4 rings (SSSR count).